The minimum atomic E-state index is -0.563. The number of nitrogens with two attached hydrogens (primary N) is 1. The highest BCUT2D eigenvalue weighted by molar-refractivity contribution is 5.74. The summed E-state index contributed by atoms with van der Waals surface area (Å²) < 4.78 is 5.13. The largest absolute Gasteiger partial charge is 0.497 e. The van der Waals surface area contributed by atoms with Crippen LogP contribution >= 0.6 is 0 Å². The van der Waals surface area contributed by atoms with Gasteiger partial charge in [-0.05, 0) is 42.5 Å². The van der Waals surface area contributed by atoms with Gasteiger partial charge in [0.2, 0.25) is 17.6 Å². The molecule has 2 aromatic rings. The Hall–Kier alpha value is -3.10. The predicted octanol–water partition coefficient (Wildman–Crippen LogP) is 3.20. The molecule has 1 aromatic carbocycles. The van der Waals surface area contributed by atoms with Gasteiger partial charge in [0, 0.05) is 18.8 Å². The van der Waals surface area contributed by atoms with E-state index >= 15 is 0 Å². The minimum absolute atomic E-state index is 0.0820. The van der Waals surface area contributed by atoms with Crippen molar-refractivity contribution in [3.8, 4) is 5.75 Å². The second-order valence-corrected chi connectivity index (χ2v) is 7.07. The molecule has 0 radical (unpaired) electrons. The summed E-state index contributed by atoms with van der Waals surface area (Å²) in [6.45, 7) is 5.94. The van der Waals surface area contributed by atoms with Crippen LogP contribution in [0.15, 0.2) is 24.3 Å². The molecule has 9 nitrogen and oxygen atoms in total. The molecule has 9 heteroatoms. The van der Waals surface area contributed by atoms with Crippen molar-refractivity contribution in [3.63, 3.8) is 0 Å². The van der Waals surface area contributed by atoms with Crippen molar-refractivity contribution in [1.29, 1.82) is 0 Å². The molecule has 1 fully saturated rings. The van der Waals surface area contributed by atoms with Gasteiger partial charge in [-0.2, -0.15) is 9.97 Å². The highest BCUT2D eigenvalue weighted by Gasteiger charge is 2.28. The number of piperidine rings is 1. The summed E-state index contributed by atoms with van der Waals surface area (Å²) >= 11 is 0. The van der Waals surface area contributed by atoms with Gasteiger partial charge >= 0.3 is 5.69 Å². The van der Waals surface area contributed by atoms with Crippen LogP contribution in [0.2, 0.25) is 0 Å². The molecule has 0 bridgehead atoms. The second kappa shape index (κ2) is 7.65. The predicted molar refractivity (Wildman–Crippen MR) is 105 cm³/mol. The summed E-state index contributed by atoms with van der Waals surface area (Å²) in [5.41, 5.74) is 6.23. The van der Waals surface area contributed by atoms with Gasteiger partial charge in [0.05, 0.1) is 12.0 Å². The lowest BCUT2D eigenvalue weighted by atomic mass is 9.92. The first-order valence-electron chi connectivity index (χ1n) is 8.85. The third kappa shape index (κ3) is 4.18. The van der Waals surface area contributed by atoms with E-state index in [4.69, 9.17) is 10.5 Å². The molecule has 1 aromatic heterocycles. The average molecular weight is 372 g/mol. The molecule has 1 aliphatic rings. The van der Waals surface area contributed by atoms with E-state index in [0.717, 1.165) is 19.5 Å². The summed E-state index contributed by atoms with van der Waals surface area (Å²) in [5.74, 6) is 2.02. The number of ether oxygens (including phenoxy) is 1. The van der Waals surface area contributed by atoms with Crippen LogP contribution in [0.1, 0.15) is 20.3 Å². The number of benzene rings is 1. The van der Waals surface area contributed by atoms with Gasteiger partial charge < -0.3 is 20.7 Å². The molecule has 0 amide bonds. The first-order valence-corrected chi connectivity index (χ1v) is 8.85. The third-order valence-electron chi connectivity index (χ3n) is 4.59. The van der Waals surface area contributed by atoms with Crippen LogP contribution in [0.25, 0.3) is 0 Å². The number of hydrogen-bond acceptors (Lipinski definition) is 8. The van der Waals surface area contributed by atoms with Crippen LogP contribution in [0, 0.1) is 22.0 Å². The van der Waals surface area contributed by atoms with Gasteiger partial charge in [-0.25, -0.2) is 0 Å². The lowest BCUT2D eigenvalue weighted by Gasteiger charge is -2.35. The fraction of sp³-hybridized carbons (Fsp3) is 0.444. The standard InChI is InChI=1S/C18H24N6O3/c1-11-8-12(2)10-23(9-11)18-21-16(19)15(24(25)26)17(22-18)20-13-4-6-14(27-3)7-5-13/h4-7,11-12H,8-10H2,1-3H3,(H3,19,20,21,22)/t11-,12+. The van der Waals surface area contributed by atoms with E-state index in [-0.39, 0.29) is 17.3 Å². The van der Waals surface area contributed by atoms with Gasteiger partial charge in [-0.1, -0.05) is 13.8 Å². The Kier molecular flexibility index (Phi) is 5.29. The Morgan fingerprint density at radius 2 is 1.85 bits per heavy atom. The van der Waals surface area contributed by atoms with Crippen molar-refractivity contribution in [2.45, 2.75) is 20.3 Å². The Morgan fingerprint density at radius 3 is 2.41 bits per heavy atom. The lowest BCUT2D eigenvalue weighted by Crippen LogP contribution is -2.39. The zero-order valence-corrected chi connectivity index (χ0v) is 15.7. The third-order valence-corrected chi connectivity index (χ3v) is 4.59. The van der Waals surface area contributed by atoms with E-state index in [9.17, 15) is 10.1 Å². The highest BCUT2D eigenvalue weighted by atomic mass is 16.6. The molecular weight excluding hydrogens is 348 g/mol. The zero-order valence-electron chi connectivity index (χ0n) is 15.7. The summed E-state index contributed by atoms with van der Waals surface area (Å²) in [6.07, 6.45) is 1.13. The minimum Gasteiger partial charge on any atom is -0.497 e. The van der Waals surface area contributed by atoms with E-state index in [2.05, 4.69) is 29.1 Å². The first kappa shape index (κ1) is 18.7. The number of anilines is 4. The molecule has 3 rings (SSSR count). The second-order valence-electron chi connectivity index (χ2n) is 7.07. The van der Waals surface area contributed by atoms with Crippen LogP contribution in [0.5, 0.6) is 5.75 Å². The molecule has 144 valence electrons. The van der Waals surface area contributed by atoms with Crippen LogP contribution < -0.4 is 20.7 Å². The smallest absolute Gasteiger partial charge is 0.353 e. The summed E-state index contributed by atoms with van der Waals surface area (Å²) in [6, 6.07) is 7.03. The Balaban J connectivity index is 1.96. The van der Waals surface area contributed by atoms with Crippen molar-refractivity contribution in [1.82, 2.24) is 9.97 Å². The van der Waals surface area contributed by atoms with E-state index in [1.807, 2.05) is 4.90 Å². The average Bonchev–Trinajstić information content (AvgIpc) is 2.60. The number of aromatic nitrogens is 2. The Bertz CT molecular complexity index is 817. The van der Waals surface area contributed by atoms with Gasteiger partial charge in [0.15, 0.2) is 0 Å². The van der Waals surface area contributed by atoms with Crippen LogP contribution in [-0.4, -0.2) is 35.1 Å². The molecule has 0 spiro atoms. The van der Waals surface area contributed by atoms with E-state index in [0.29, 0.717) is 29.2 Å². The molecule has 2 heterocycles. The number of rotatable bonds is 5. The number of nitrogens with zero attached hydrogens (tertiary/aromatic N) is 4. The molecule has 1 saturated heterocycles. The van der Waals surface area contributed by atoms with E-state index in [1.165, 1.54) is 0 Å². The van der Waals surface area contributed by atoms with Crippen molar-refractivity contribution in [3.05, 3.63) is 34.4 Å². The van der Waals surface area contributed by atoms with Gasteiger partial charge in [0.25, 0.3) is 0 Å². The Morgan fingerprint density at radius 1 is 1.22 bits per heavy atom. The molecule has 1 aliphatic heterocycles. The molecular formula is C18H24N6O3. The fourth-order valence-corrected chi connectivity index (χ4v) is 3.51. The maximum Gasteiger partial charge on any atom is 0.353 e. The zero-order chi connectivity index (χ0) is 19.6. The number of methoxy groups -OCH3 is 1. The molecule has 0 aliphatic carbocycles. The van der Waals surface area contributed by atoms with E-state index < -0.39 is 4.92 Å². The summed E-state index contributed by atoms with van der Waals surface area (Å²) in [5, 5.41) is 14.5. The van der Waals surface area contributed by atoms with Crippen molar-refractivity contribution in [2.24, 2.45) is 11.8 Å². The van der Waals surface area contributed by atoms with Gasteiger partial charge in [0.1, 0.15) is 5.75 Å². The molecule has 0 saturated carbocycles. The van der Waals surface area contributed by atoms with Gasteiger partial charge in [-0.3, -0.25) is 10.1 Å². The fourth-order valence-electron chi connectivity index (χ4n) is 3.51. The number of nitrogens with one attached hydrogen (secondary N) is 1. The van der Waals surface area contributed by atoms with Gasteiger partial charge in [-0.15, -0.1) is 0 Å². The Labute approximate surface area is 157 Å². The number of nitrogen functional groups attached to an aromatic ring is 1. The van der Waals surface area contributed by atoms with Crippen molar-refractivity contribution < 1.29 is 9.66 Å². The number of hydrogen-bond donors (Lipinski definition) is 2. The quantitative estimate of drug-likeness (QED) is 0.606. The normalized spacial score (nSPS) is 19.6. The van der Waals surface area contributed by atoms with Crippen molar-refractivity contribution in [2.75, 3.05) is 36.1 Å². The highest BCUT2D eigenvalue weighted by Crippen LogP contribution is 2.34. The molecule has 0 unspecified atom stereocenters. The van der Waals surface area contributed by atoms with Crippen molar-refractivity contribution >= 4 is 29.0 Å². The molecule has 2 atom stereocenters. The van der Waals surface area contributed by atoms with E-state index in [1.54, 1.807) is 31.4 Å². The maximum atomic E-state index is 11.5. The first-order chi connectivity index (χ1) is 12.9. The molecule has 3 N–H and O–H groups in total. The van der Waals surface area contributed by atoms with Crippen LogP contribution in [0.3, 0.4) is 0 Å². The van der Waals surface area contributed by atoms with Crippen LogP contribution in [0.4, 0.5) is 29.0 Å². The summed E-state index contributed by atoms with van der Waals surface area (Å²) in [7, 11) is 1.57. The topological polar surface area (TPSA) is 119 Å². The summed E-state index contributed by atoms with van der Waals surface area (Å²) in [4.78, 5) is 21.6. The monoisotopic (exact) mass is 372 g/mol. The lowest BCUT2D eigenvalue weighted by molar-refractivity contribution is -0.383. The molecule has 27 heavy (non-hydrogen) atoms. The maximum absolute atomic E-state index is 11.5. The van der Waals surface area contributed by atoms with Crippen LogP contribution in [-0.2, 0) is 0 Å². The number of nitro groups is 1. The SMILES string of the molecule is COc1ccc(Nc2nc(N3C[C@H](C)C[C@H](C)C3)nc(N)c2[N+](=O)[O-])cc1.